The fourth-order valence-corrected chi connectivity index (χ4v) is 4.16. The van der Waals surface area contributed by atoms with Crippen molar-refractivity contribution in [1.82, 2.24) is 10.2 Å². The number of rotatable bonds is 6. The van der Waals surface area contributed by atoms with Gasteiger partial charge in [-0.3, -0.25) is 0 Å². The third kappa shape index (κ3) is 5.36. The molecule has 3 aliphatic rings. The molecule has 0 radical (unpaired) electrons. The van der Waals surface area contributed by atoms with Gasteiger partial charge in [0, 0.05) is 31.9 Å². The van der Waals surface area contributed by atoms with Crippen molar-refractivity contribution in [2.45, 2.75) is 52.4 Å². The summed E-state index contributed by atoms with van der Waals surface area (Å²) in [6.45, 7) is 6.65. The Balaban J connectivity index is 0.00000160. The molecule has 0 atom stereocenters. The number of benzene rings is 1. The van der Waals surface area contributed by atoms with Crippen LogP contribution >= 0.6 is 48.0 Å². The van der Waals surface area contributed by atoms with Crippen LogP contribution in [0.4, 0.5) is 11.4 Å². The highest BCUT2D eigenvalue weighted by Crippen LogP contribution is 2.40. The van der Waals surface area contributed by atoms with E-state index in [1.165, 1.54) is 59.8 Å². The van der Waals surface area contributed by atoms with Crippen LogP contribution in [0.15, 0.2) is 71.6 Å². The van der Waals surface area contributed by atoms with E-state index >= 15 is 0 Å². The molecule has 0 saturated heterocycles. The van der Waals surface area contributed by atoms with Crippen LogP contribution in [0.25, 0.3) is 0 Å². The van der Waals surface area contributed by atoms with Crippen LogP contribution in [0.5, 0.6) is 0 Å². The molecule has 2 N–H and O–H groups in total. The van der Waals surface area contributed by atoms with E-state index in [1.807, 2.05) is 0 Å². The van der Waals surface area contributed by atoms with Gasteiger partial charge in [-0.2, -0.15) is 0 Å². The lowest BCUT2D eigenvalue weighted by Gasteiger charge is -2.26. The Hall–Kier alpha value is -1.16. The van der Waals surface area contributed by atoms with Gasteiger partial charge in [-0.05, 0) is 42.5 Å². The topological polar surface area (TPSA) is 30.5 Å². The predicted molar refractivity (Wildman–Crippen MR) is 149 cm³/mol. The maximum Gasteiger partial charge on any atom is 0.114 e. The number of hydrogen-bond acceptors (Lipinski definition) is 4. The molecular weight excluding hydrogens is 598 g/mol. The van der Waals surface area contributed by atoms with Crippen molar-refractivity contribution in [2.75, 3.05) is 23.3 Å². The molecule has 1 aromatic carbocycles. The average Bonchev–Trinajstić information content (AvgIpc) is 3.35. The van der Waals surface area contributed by atoms with E-state index in [9.17, 15) is 0 Å². The third-order valence-electron chi connectivity index (χ3n) is 5.69. The highest BCUT2D eigenvalue weighted by atomic mass is 127. The minimum Gasteiger partial charge on any atom is -0.347 e. The van der Waals surface area contributed by atoms with Gasteiger partial charge >= 0.3 is 0 Å². The molecule has 1 aliphatic carbocycles. The normalized spacial score (nSPS) is 21.7. The second-order valence-corrected chi connectivity index (χ2v) is 7.76. The fraction of sp³-hybridized carbons (Fsp3) is 0.417. The van der Waals surface area contributed by atoms with Gasteiger partial charge in [-0.1, -0.05) is 51.0 Å². The molecule has 4 rings (SSSR count). The van der Waals surface area contributed by atoms with E-state index in [0.717, 1.165) is 25.9 Å². The Morgan fingerprint density at radius 1 is 0.967 bits per heavy atom. The van der Waals surface area contributed by atoms with E-state index < -0.39 is 0 Å². The van der Waals surface area contributed by atoms with Crippen LogP contribution in [0, 0.1) is 0 Å². The lowest BCUT2D eigenvalue weighted by atomic mass is 9.95. The molecule has 30 heavy (non-hydrogen) atoms. The molecule has 0 amide bonds. The summed E-state index contributed by atoms with van der Waals surface area (Å²) in [6.07, 6.45) is 15.7. The maximum atomic E-state index is 3.70. The Morgan fingerprint density at radius 3 is 2.53 bits per heavy atom. The van der Waals surface area contributed by atoms with Crippen molar-refractivity contribution in [3.63, 3.8) is 0 Å². The van der Waals surface area contributed by atoms with Crippen LogP contribution in [0.1, 0.15) is 52.4 Å². The molecule has 0 saturated carbocycles. The largest absolute Gasteiger partial charge is 0.347 e. The van der Waals surface area contributed by atoms with Crippen LogP contribution in [-0.2, 0) is 0 Å². The summed E-state index contributed by atoms with van der Waals surface area (Å²) in [5.74, 6) is 2.54. The van der Waals surface area contributed by atoms with Crippen molar-refractivity contribution in [3.8, 4) is 0 Å². The molecule has 4 nitrogen and oxygen atoms in total. The first-order chi connectivity index (χ1) is 13.8. The lowest BCUT2D eigenvalue weighted by Crippen LogP contribution is -2.25. The zero-order valence-corrected chi connectivity index (χ0v) is 22.6. The number of allylic oxidation sites excluding steroid dienone is 4. The highest BCUT2D eigenvalue weighted by molar-refractivity contribution is 14.0. The smallest absolute Gasteiger partial charge is 0.114 e. The first-order valence-corrected chi connectivity index (χ1v) is 10.8. The summed E-state index contributed by atoms with van der Waals surface area (Å²) < 4.78 is 0. The molecule has 164 valence electrons. The van der Waals surface area contributed by atoms with Gasteiger partial charge in [0.2, 0.25) is 0 Å². The van der Waals surface area contributed by atoms with Crippen molar-refractivity contribution >= 4 is 59.3 Å². The van der Waals surface area contributed by atoms with E-state index in [0.29, 0.717) is 0 Å². The van der Waals surface area contributed by atoms with Crippen LogP contribution in [0.3, 0.4) is 0 Å². The molecule has 0 fully saturated rings. The van der Waals surface area contributed by atoms with Crippen LogP contribution in [-0.4, -0.2) is 18.0 Å². The predicted octanol–water partition coefficient (Wildman–Crippen LogP) is 6.90. The first kappa shape index (κ1) is 25.1. The number of nitrogens with one attached hydrogen (secondary N) is 2. The molecule has 2 heterocycles. The minimum absolute atomic E-state index is 0. The van der Waals surface area contributed by atoms with E-state index in [2.05, 4.69) is 83.1 Å². The lowest BCUT2D eigenvalue weighted by molar-refractivity contribution is 0.443. The molecular formula is C24H34I2N4. The third-order valence-corrected chi connectivity index (χ3v) is 5.69. The van der Waals surface area contributed by atoms with Crippen molar-refractivity contribution in [2.24, 2.45) is 0 Å². The van der Waals surface area contributed by atoms with Gasteiger partial charge < -0.3 is 20.4 Å². The summed E-state index contributed by atoms with van der Waals surface area (Å²) in [5, 5.41) is 7.20. The number of hydrogen-bond donors (Lipinski definition) is 2. The van der Waals surface area contributed by atoms with Crippen molar-refractivity contribution in [3.05, 3.63) is 71.6 Å². The van der Waals surface area contributed by atoms with Gasteiger partial charge in [-0.15, -0.1) is 48.0 Å². The first-order valence-electron chi connectivity index (χ1n) is 10.8. The molecule has 0 spiro atoms. The summed E-state index contributed by atoms with van der Waals surface area (Å²) in [6, 6.07) is 8.66. The molecule has 6 heteroatoms. The van der Waals surface area contributed by atoms with Crippen LogP contribution in [0.2, 0.25) is 0 Å². The Bertz CT molecular complexity index is 841. The number of nitrogens with zero attached hydrogens (tertiary/aromatic N) is 2. The summed E-state index contributed by atoms with van der Waals surface area (Å²) in [5.41, 5.74) is 5.38. The van der Waals surface area contributed by atoms with E-state index in [1.54, 1.807) is 0 Å². The number of fused-ring (bicyclic) bond motifs is 1. The zero-order valence-electron chi connectivity index (χ0n) is 18.0. The quantitative estimate of drug-likeness (QED) is 0.334. The van der Waals surface area contributed by atoms with Gasteiger partial charge in [0.1, 0.15) is 11.6 Å². The number of para-hydroxylation sites is 2. The Kier molecular flexibility index (Phi) is 10.1. The average molecular weight is 632 g/mol. The molecule has 0 unspecified atom stereocenters. The number of unbranched alkanes of at least 4 members (excludes halogenated alkanes) is 2. The molecule has 0 bridgehead atoms. The van der Waals surface area contributed by atoms with Gasteiger partial charge in [0.15, 0.2) is 0 Å². The fourth-order valence-electron chi connectivity index (χ4n) is 4.16. The van der Waals surface area contributed by atoms with E-state index in [-0.39, 0.29) is 48.0 Å². The SMILES string of the molecule is CCCCN1C=CNC1=C1CC=CC(=C2Nc3ccccc3N2CCCC)C1.I.I. The number of halogens is 2. The Labute approximate surface area is 215 Å². The minimum atomic E-state index is 0. The molecule has 0 aromatic heterocycles. The number of anilines is 2. The summed E-state index contributed by atoms with van der Waals surface area (Å²) in [7, 11) is 0. The summed E-state index contributed by atoms with van der Waals surface area (Å²) in [4.78, 5) is 4.85. The zero-order chi connectivity index (χ0) is 19.3. The maximum absolute atomic E-state index is 3.70. The molecule has 1 aromatic rings. The second kappa shape index (κ2) is 12.0. The standard InChI is InChI=1S/C24H32N4.2HI/c1-3-5-15-27-17-14-25-23(27)19-10-9-11-20(18-19)24-26-21-12-7-8-13-22(21)28(24)16-6-4-2;;/h7-9,11-14,17,25-26H,3-6,10,15-16,18H2,1-2H3;2*1H. The van der Waals surface area contributed by atoms with Gasteiger partial charge in [0.25, 0.3) is 0 Å². The monoisotopic (exact) mass is 632 g/mol. The summed E-state index contributed by atoms with van der Waals surface area (Å²) >= 11 is 0. The van der Waals surface area contributed by atoms with Crippen molar-refractivity contribution < 1.29 is 0 Å². The molecule has 2 aliphatic heterocycles. The van der Waals surface area contributed by atoms with Crippen molar-refractivity contribution in [1.29, 1.82) is 0 Å². The van der Waals surface area contributed by atoms with Gasteiger partial charge in [-0.25, -0.2) is 0 Å². The highest BCUT2D eigenvalue weighted by Gasteiger charge is 2.27. The van der Waals surface area contributed by atoms with E-state index in [4.69, 9.17) is 0 Å². The second-order valence-electron chi connectivity index (χ2n) is 7.76. The van der Waals surface area contributed by atoms with Gasteiger partial charge in [0.05, 0.1) is 11.4 Å². The Morgan fingerprint density at radius 2 is 1.73 bits per heavy atom. The van der Waals surface area contributed by atoms with Crippen LogP contribution < -0.4 is 15.5 Å².